The van der Waals surface area contributed by atoms with Crippen LogP contribution in [0.25, 0.3) is 0 Å². The van der Waals surface area contributed by atoms with Gasteiger partial charge in [0.2, 0.25) is 0 Å². The first-order chi connectivity index (χ1) is 7.66. The van der Waals surface area contributed by atoms with Gasteiger partial charge in [0.25, 0.3) is 10.0 Å². The fourth-order valence-corrected chi connectivity index (χ4v) is 2.85. The van der Waals surface area contributed by atoms with Gasteiger partial charge < -0.3 is 5.11 Å². The van der Waals surface area contributed by atoms with Crippen LogP contribution in [-0.2, 0) is 16.6 Å². The summed E-state index contributed by atoms with van der Waals surface area (Å²) < 4.78 is 25.3. The lowest BCUT2D eigenvalue weighted by Crippen LogP contribution is -2.14. The fourth-order valence-electron chi connectivity index (χ4n) is 1.46. The van der Waals surface area contributed by atoms with E-state index in [4.69, 9.17) is 5.11 Å². The van der Waals surface area contributed by atoms with Crippen LogP contribution in [0.4, 0.5) is 0 Å². The monoisotopic (exact) mass is 237 g/mol. The molecule has 0 saturated carbocycles. The second kappa shape index (κ2) is 4.11. The Balaban J connectivity index is 2.56. The molecule has 16 heavy (non-hydrogen) atoms. The summed E-state index contributed by atoms with van der Waals surface area (Å²) in [5, 5.41) is 9.03. The van der Waals surface area contributed by atoms with Crippen molar-refractivity contribution >= 4 is 10.0 Å². The summed E-state index contributed by atoms with van der Waals surface area (Å²) in [5.41, 5.74) is 0.351. The maximum atomic E-state index is 12.1. The summed E-state index contributed by atoms with van der Waals surface area (Å²) in [6.45, 7) is -0.306. The lowest BCUT2D eigenvalue weighted by Gasteiger charge is -2.08. The van der Waals surface area contributed by atoms with Gasteiger partial charge in [-0.15, -0.1) is 0 Å². The highest BCUT2D eigenvalue weighted by atomic mass is 32.2. The molecule has 0 saturated heterocycles. The molecule has 5 heteroatoms. The van der Waals surface area contributed by atoms with E-state index < -0.39 is 10.0 Å². The van der Waals surface area contributed by atoms with E-state index >= 15 is 0 Å². The van der Waals surface area contributed by atoms with E-state index in [0.717, 1.165) is 3.97 Å². The lowest BCUT2D eigenvalue weighted by atomic mass is 10.4. The van der Waals surface area contributed by atoms with Crippen molar-refractivity contribution in [1.29, 1.82) is 0 Å². The number of rotatable bonds is 3. The van der Waals surface area contributed by atoms with Gasteiger partial charge in [-0.2, -0.15) is 0 Å². The summed E-state index contributed by atoms with van der Waals surface area (Å²) in [5.74, 6) is 0. The lowest BCUT2D eigenvalue weighted by molar-refractivity contribution is 0.275. The molecule has 0 bridgehead atoms. The van der Waals surface area contributed by atoms with Crippen LogP contribution in [-0.4, -0.2) is 17.5 Å². The quantitative estimate of drug-likeness (QED) is 0.873. The third kappa shape index (κ3) is 1.75. The van der Waals surface area contributed by atoms with Gasteiger partial charge in [0, 0.05) is 6.20 Å². The number of nitrogens with zero attached hydrogens (tertiary/aromatic N) is 1. The largest absolute Gasteiger partial charge is 0.390 e. The average Bonchev–Trinajstić information content (AvgIpc) is 2.79. The Morgan fingerprint density at radius 2 is 1.75 bits per heavy atom. The van der Waals surface area contributed by atoms with Crippen LogP contribution in [0.3, 0.4) is 0 Å². The predicted octanol–water partition coefficient (Wildman–Crippen LogP) is 1.22. The molecule has 0 unspecified atom stereocenters. The molecule has 0 atom stereocenters. The normalized spacial score (nSPS) is 11.6. The Bertz CT molecular complexity index is 572. The topological polar surface area (TPSA) is 59.3 Å². The standard InChI is InChI=1S/C11H11NO3S/c13-9-10-5-4-8-12(10)16(14,15)11-6-2-1-3-7-11/h1-8,13H,9H2. The minimum absolute atomic E-state index is 0.209. The first-order valence-electron chi connectivity index (χ1n) is 4.74. The van der Waals surface area contributed by atoms with E-state index in [0.29, 0.717) is 5.69 Å². The van der Waals surface area contributed by atoms with E-state index in [1.54, 1.807) is 30.3 Å². The third-order valence-corrected chi connectivity index (χ3v) is 4.00. The number of aliphatic hydroxyl groups is 1. The maximum Gasteiger partial charge on any atom is 0.267 e. The summed E-state index contributed by atoms with van der Waals surface area (Å²) in [6.07, 6.45) is 1.42. The highest BCUT2D eigenvalue weighted by molar-refractivity contribution is 7.90. The van der Waals surface area contributed by atoms with Crippen molar-refractivity contribution in [3.63, 3.8) is 0 Å². The molecular formula is C11H11NO3S. The van der Waals surface area contributed by atoms with Crippen molar-refractivity contribution in [2.75, 3.05) is 0 Å². The van der Waals surface area contributed by atoms with Crippen LogP contribution in [0.5, 0.6) is 0 Å². The van der Waals surface area contributed by atoms with Crippen molar-refractivity contribution < 1.29 is 13.5 Å². The Kier molecular flexibility index (Phi) is 2.80. The summed E-state index contributed by atoms with van der Waals surface area (Å²) in [7, 11) is -3.58. The van der Waals surface area contributed by atoms with Gasteiger partial charge in [-0.25, -0.2) is 12.4 Å². The van der Waals surface area contributed by atoms with Crippen molar-refractivity contribution in [1.82, 2.24) is 3.97 Å². The van der Waals surface area contributed by atoms with E-state index in [1.807, 2.05) is 0 Å². The van der Waals surface area contributed by atoms with Crippen LogP contribution < -0.4 is 0 Å². The summed E-state index contributed by atoms with van der Waals surface area (Å²) in [6, 6.07) is 11.3. The molecule has 0 spiro atoms. The van der Waals surface area contributed by atoms with Gasteiger partial charge in [0.05, 0.1) is 17.2 Å². The molecule has 0 radical (unpaired) electrons. The molecule has 0 aliphatic rings. The van der Waals surface area contributed by atoms with Gasteiger partial charge in [-0.1, -0.05) is 18.2 Å². The minimum atomic E-state index is -3.58. The Morgan fingerprint density at radius 3 is 2.38 bits per heavy atom. The molecule has 4 nitrogen and oxygen atoms in total. The Hall–Kier alpha value is -1.59. The van der Waals surface area contributed by atoms with Gasteiger partial charge in [-0.3, -0.25) is 0 Å². The van der Waals surface area contributed by atoms with Crippen molar-refractivity contribution in [3.05, 3.63) is 54.4 Å². The van der Waals surface area contributed by atoms with Crippen LogP contribution in [0.1, 0.15) is 5.69 Å². The number of aliphatic hydroxyl groups excluding tert-OH is 1. The second-order valence-corrected chi connectivity index (χ2v) is 5.09. The smallest absolute Gasteiger partial charge is 0.267 e. The molecule has 0 aliphatic heterocycles. The fraction of sp³-hybridized carbons (Fsp3) is 0.0909. The Labute approximate surface area is 93.8 Å². The highest BCUT2D eigenvalue weighted by Gasteiger charge is 2.17. The van der Waals surface area contributed by atoms with E-state index in [1.165, 1.54) is 18.3 Å². The summed E-state index contributed by atoms with van der Waals surface area (Å²) in [4.78, 5) is 0.209. The molecule has 2 aromatic rings. The zero-order valence-corrected chi connectivity index (χ0v) is 9.26. The maximum absolute atomic E-state index is 12.1. The van der Waals surface area contributed by atoms with Crippen LogP contribution >= 0.6 is 0 Å². The molecular weight excluding hydrogens is 226 g/mol. The number of hydrogen-bond acceptors (Lipinski definition) is 3. The molecule has 1 aromatic heterocycles. The number of benzene rings is 1. The molecule has 1 N–H and O–H groups in total. The van der Waals surface area contributed by atoms with Crippen molar-refractivity contribution in [2.45, 2.75) is 11.5 Å². The summed E-state index contributed by atoms with van der Waals surface area (Å²) >= 11 is 0. The minimum Gasteiger partial charge on any atom is -0.390 e. The average molecular weight is 237 g/mol. The first kappa shape index (κ1) is 10.9. The van der Waals surface area contributed by atoms with Gasteiger partial charge >= 0.3 is 0 Å². The van der Waals surface area contributed by atoms with Gasteiger partial charge in [0.1, 0.15) is 0 Å². The number of aromatic nitrogens is 1. The van der Waals surface area contributed by atoms with Crippen LogP contribution in [0, 0.1) is 0 Å². The molecule has 2 rings (SSSR count). The number of hydrogen-bond donors (Lipinski definition) is 1. The molecule has 1 heterocycles. The molecule has 1 aromatic carbocycles. The molecule has 0 fully saturated rings. The first-order valence-corrected chi connectivity index (χ1v) is 6.18. The van der Waals surface area contributed by atoms with Crippen molar-refractivity contribution in [3.8, 4) is 0 Å². The molecule has 0 aliphatic carbocycles. The zero-order chi connectivity index (χ0) is 11.6. The van der Waals surface area contributed by atoms with Gasteiger partial charge in [0.15, 0.2) is 0 Å². The van der Waals surface area contributed by atoms with E-state index in [2.05, 4.69) is 0 Å². The third-order valence-electron chi connectivity index (χ3n) is 2.26. The highest BCUT2D eigenvalue weighted by Crippen LogP contribution is 2.15. The SMILES string of the molecule is O=S(=O)(c1ccccc1)n1cccc1CO. The van der Waals surface area contributed by atoms with Crippen LogP contribution in [0.15, 0.2) is 53.6 Å². The zero-order valence-electron chi connectivity index (χ0n) is 8.45. The van der Waals surface area contributed by atoms with Gasteiger partial charge in [-0.05, 0) is 24.3 Å². The predicted molar refractivity (Wildman–Crippen MR) is 59.4 cm³/mol. The molecule has 0 amide bonds. The Morgan fingerprint density at radius 1 is 1.06 bits per heavy atom. The van der Waals surface area contributed by atoms with Crippen LogP contribution in [0.2, 0.25) is 0 Å². The van der Waals surface area contributed by atoms with E-state index in [9.17, 15) is 8.42 Å². The molecule has 84 valence electrons. The van der Waals surface area contributed by atoms with E-state index in [-0.39, 0.29) is 11.5 Å². The second-order valence-electron chi connectivity index (χ2n) is 3.27. The van der Waals surface area contributed by atoms with Crippen molar-refractivity contribution in [2.24, 2.45) is 0 Å².